The van der Waals surface area contributed by atoms with E-state index in [1.54, 1.807) is 17.5 Å². The zero-order chi connectivity index (χ0) is 21.8. The lowest BCUT2D eigenvalue weighted by Crippen LogP contribution is -2.38. The van der Waals surface area contributed by atoms with E-state index in [2.05, 4.69) is 10.3 Å². The molecule has 4 rings (SSSR count). The summed E-state index contributed by atoms with van der Waals surface area (Å²) in [5, 5.41) is 5.55. The van der Waals surface area contributed by atoms with Gasteiger partial charge in [-0.3, -0.25) is 9.59 Å². The van der Waals surface area contributed by atoms with Crippen molar-refractivity contribution in [1.29, 1.82) is 0 Å². The van der Waals surface area contributed by atoms with Crippen LogP contribution in [0.25, 0.3) is 0 Å². The maximum Gasteiger partial charge on any atom is 0.271 e. The summed E-state index contributed by atoms with van der Waals surface area (Å²) in [7, 11) is 0. The van der Waals surface area contributed by atoms with Crippen molar-refractivity contribution in [2.75, 3.05) is 13.1 Å². The Morgan fingerprint density at radius 3 is 2.61 bits per heavy atom. The van der Waals surface area contributed by atoms with E-state index in [1.807, 2.05) is 24.0 Å². The maximum atomic E-state index is 13.0. The first-order valence-corrected chi connectivity index (χ1v) is 11.2. The molecule has 0 bridgehead atoms. The number of aromatic nitrogens is 1. The molecule has 1 N–H and O–H groups in total. The molecule has 0 atom stereocenters. The van der Waals surface area contributed by atoms with Crippen LogP contribution in [0.4, 0.5) is 4.39 Å². The van der Waals surface area contributed by atoms with Gasteiger partial charge in [-0.2, -0.15) is 0 Å². The molecule has 0 unspecified atom stereocenters. The predicted molar refractivity (Wildman–Crippen MR) is 115 cm³/mol. The van der Waals surface area contributed by atoms with Crippen LogP contribution in [0.3, 0.4) is 0 Å². The van der Waals surface area contributed by atoms with E-state index in [4.69, 9.17) is 4.42 Å². The molecule has 0 spiro atoms. The lowest BCUT2D eigenvalue weighted by Gasteiger charge is -2.31. The van der Waals surface area contributed by atoms with Crippen LogP contribution < -0.4 is 5.32 Å². The molecule has 1 aliphatic heterocycles. The Morgan fingerprint density at radius 1 is 1.19 bits per heavy atom. The highest BCUT2D eigenvalue weighted by Crippen LogP contribution is 2.30. The van der Waals surface area contributed by atoms with Crippen molar-refractivity contribution in [3.8, 4) is 0 Å². The summed E-state index contributed by atoms with van der Waals surface area (Å²) in [5.41, 5.74) is 1.23. The third-order valence-corrected chi connectivity index (χ3v) is 6.45. The molecule has 3 heterocycles. The summed E-state index contributed by atoms with van der Waals surface area (Å²) in [6.07, 6.45) is 1.91. The molecule has 0 saturated carbocycles. The number of nitrogens with one attached hydrogen (secondary N) is 1. The minimum Gasteiger partial charge on any atom is -0.465 e. The van der Waals surface area contributed by atoms with E-state index in [1.165, 1.54) is 23.5 Å². The summed E-state index contributed by atoms with van der Waals surface area (Å²) in [6, 6.07) is 9.75. The van der Waals surface area contributed by atoms with Gasteiger partial charge in [0, 0.05) is 24.4 Å². The Balaban J connectivity index is 1.27. The second kappa shape index (κ2) is 9.43. The van der Waals surface area contributed by atoms with Gasteiger partial charge in [0.1, 0.15) is 23.0 Å². The van der Waals surface area contributed by atoms with E-state index in [0.29, 0.717) is 31.1 Å². The molecule has 0 aliphatic carbocycles. The third kappa shape index (κ3) is 5.38. The summed E-state index contributed by atoms with van der Waals surface area (Å²) < 4.78 is 18.5. The fraction of sp³-hybridized carbons (Fsp3) is 0.348. The Morgan fingerprint density at radius 2 is 1.94 bits per heavy atom. The second-order valence-electron chi connectivity index (χ2n) is 7.72. The lowest BCUT2D eigenvalue weighted by atomic mass is 9.97. The first-order chi connectivity index (χ1) is 15.0. The van der Waals surface area contributed by atoms with Crippen LogP contribution in [0.5, 0.6) is 0 Å². The Kier molecular flexibility index (Phi) is 6.46. The normalized spacial score (nSPS) is 14.6. The first-order valence-electron chi connectivity index (χ1n) is 10.3. The van der Waals surface area contributed by atoms with Gasteiger partial charge in [-0.1, -0.05) is 12.1 Å². The number of nitrogens with zero attached hydrogens (tertiary/aromatic N) is 2. The monoisotopic (exact) mass is 441 g/mol. The average Bonchev–Trinajstić information content (AvgIpc) is 3.43. The minimum atomic E-state index is -0.301. The molecule has 1 aliphatic rings. The first kappa shape index (κ1) is 21.2. The average molecular weight is 442 g/mol. The third-order valence-electron chi connectivity index (χ3n) is 5.44. The molecule has 1 aromatic carbocycles. The highest BCUT2D eigenvalue weighted by molar-refractivity contribution is 7.09. The van der Waals surface area contributed by atoms with Crippen LogP contribution in [0.2, 0.25) is 0 Å². The van der Waals surface area contributed by atoms with E-state index in [0.717, 1.165) is 29.2 Å². The van der Waals surface area contributed by atoms with E-state index in [-0.39, 0.29) is 30.0 Å². The van der Waals surface area contributed by atoms with E-state index in [9.17, 15) is 14.0 Å². The van der Waals surface area contributed by atoms with Gasteiger partial charge in [0.25, 0.3) is 5.91 Å². The van der Waals surface area contributed by atoms with Crippen molar-refractivity contribution in [3.05, 3.63) is 75.4 Å². The molecule has 162 valence electrons. The van der Waals surface area contributed by atoms with Gasteiger partial charge in [-0.15, -0.1) is 11.3 Å². The number of carbonyl (C=O) groups is 2. The molecule has 1 saturated heterocycles. The number of carbonyl (C=O) groups excluding carboxylic acids is 2. The molecule has 3 aromatic rings. The van der Waals surface area contributed by atoms with Gasteiger partial charge in [0.05, 0.1) is 18.0 Å². The number of aryl methyl sites for hydroxylation is 1. The Bertz CT molecular complexity index is 1050. The van der Waals surface area contributed by atoms with Crippen LogP contribution in [-0.4, -0.2) is 34.8 Å². The SMILES string of the molecule is Cc1ccc(CNC(=O)c2csc(C3CCN(C(=O)Cc4ccc(F)cc4)CC3)n2)o1. The molecule has 0 radical (unpaired) electrons. The zero-order valence-electron chi connectivity index (χ0n) is 17.3. The van der Waals surface area contributed by atoms with Crippen LogP contribution in [-0.2, 0) is 17.8 Å². The predicted octanol–water partition coefficient (Wildman–Crippen LogP) is 4.06. The number of furan rings is 1. The van der Waals surface area contributed by atoms with Crippen molar-refractivity contribution in [1.82, 2.24) is 15.2 Å². The smallest absolute Gasteiger partial charge is 0.271 e. The van der Waals surface area contributed by atoms with Crippen LogP contribution in [0.15, 0.2) is 46.2 Å². The maximum absolute atomic E-state index is 13.0. The van der Waals surface area contributed by atoms with E-state index < -0.39 is 0 Å². The number of piperidine rings is 1. The molecule has 31 heavy (non-hydrogen) atoms. The fourth-order valence-corrected chi connectivity index (χ4v) is 4.65. The molecule has 1 fully saturated rings. The van der Waals surface area contributed by atoms with Gasteiger partial charge >= 0.3 is 0 Å². The lowest BCUT2D eigenvalue weighted by molar-refractivity contribution is -0.131. The minimum absolute atomic E-state index is 0.0532. The molecule has 8 heteroatoms. The van der Waals surface area contributed by atoms with Crippen molar-refractivity contribution in [3.63, 3.8) is 0 Å². The molecule has 2 aromatic heterocycles. The topological polar surface area (TPSA) is 75.4 Å². The van der Waals surface area contributed by atoms with Crippen molar-refractivity contribution >= 4 is 23.2 Å². The van der Waals surface area contributed by atoms with Gasteiger partial charge in [0.2, 0.25) is 5.91 Å². The summed E-state index contributed by atoms with van der Waals surface area (Å²) in [5.74, 6) is 1.29. The summed E-state index contributed by atoms with van der Waals surface area (Å²) in [4.78, 5) is 31.3. The standard InChI is InChI=1S/C23H24FN3O3S/c1-15-2-7-19(30-15)13-25-22(29)20-14-31-23(26-20)17-8-10-27(11-9-17)21(28)12-16-3-5-18(24)6-4-16/h2-7,14,17H,8-13H2,1H3,(H,25,29). The summed E-state index contributed by atoms with van der Waals surface area (Å²) in [6.45, 7) is 3.50. The quantitative estimate of drug-likeness (QED) is 0.626. The number of hydrogen-bond donors (Lipinski definition) is 1. The second-order valence-corrected chi connectivity index (χ2v) is 8.61. The van der Waals surface area contributed by atoms with Crippen LogP contribution in [0, 0.1) is 12.7 Å². The van der Waals surface area contributed by atoms with Gasteiger partial charge in [-0.25, -0.2) is 9.37 Å². The van der Waals surface area contributed by atoms with Crippen molar-refractivity contribution in [2.45, 2.75) is 38.6 Å². The van der Waals surface area contributed by atoms with Crippen LogP contribution >= 0.6 is 11.3 Å². The highest BCUT2D eigenvalue weighted by Gasteiger charge is 2.26. The van der Waals surface area contributed by atoms with Crippen molar-refractivity contribution in [2.24, 2.45) is 0 Å². The number of amides is 2. The molecular weight excluding hydrogens is 417 g/mol. The molecular formula is C23H24FN3O3S. The number of rotatable bonds is 6. The number of benzene rings is 1. The largest absolute Gasteiger partial charge is 0.465 e. The van der Waals surface area contributed by atoms with Gasteiger partial charge in [0.15, 0.2) is 0 Å². The number of likely N-dealkylation sites (tertiary alicyclic amines) is 1. The summed E-state index contributed by atoms with van der Waals surface area (Å²) >= 11 is 1.49. The molecule has 6 nitrogen and oxygen atoms in total. The van der Waals surface area contributed by atoms with Crippen molar-refractivity contribution < 1.29 is 18.4 Å². The Labute approximate surface area is 184 Å². The Hall–Kier alpha value is -3.00. The molecule has 2 amide bonds. The van der Waals surface area contributed by atoms with Crippen LogP contribution in [0.1, 0.15) is 51.3 Å². The zero-order valence-corrected chi connectivity index (χ0v) is 18.1. The number of halogens is 1. The number of thiazole rings is 1. The number of hydrogen-bond acceptors (Lipinski definition) is 5. The van der Waals surface area contributed by atoms with Gasteiger partial charge < -0.3 is 14.6 Å². The fourth-order valence-electron chi connectivity index (χ4n) is 3.68. The van der Waals surface area contributed by atoms with Gasteiger partial charge in [-0.05, 0) is 49.6 Å². The highest BCUT2D eigenvalue weighted by atomic mass is 32.1. The van der Waals surface area contributed by atoms with E-state index >= 15 is 0 Å².